The van der Waals surface area contributed by atoms with Crippen LogP contribution in [-0.4, -0.2) is 35.5 Å². The van der Waals surface area contributed by atoms with E-state index in [2.05, 4.69) is 16.4 Å². The van der Waals surface area contributed by atoms with Crippen LogP contribution < -0.4 is 5.32 Å². The molecule has 2 N–H and O–H groups in total. The maximum absolute atomic E-state index is 10.3. The van der Waals surface area contributed by atoms with E-state index >= 15 is 0 Å². The summed E-state index contributed by atoms with van der Waals surface area (Å²) in [6.45, 7) is 3.41. The van der Waals surface area contributed by atoms with Crippen LogP contribution in [-0.2, 0) is 4.74 Å². The summed E-state index contributed by atoms with van der Waals surface area (Å²) in [4.78, 5) is 4.15. The summed E-state index contributed by atoms with van der Waals surface area (Å²) in [5.41, 5.74) is 0.651. The number of anilines is 1. The number of nitriles is 1. The first kappa shape index (κ1) is 12.8. The topological polar surface area (TPSA) is 78.2 Å². The number of pyridine rings is 1. The van der Waals surface area contributed by atoms with Crippen molar-refractivity contribution in [3.63, 3.8) is 0 Å². The van der Waals surface area contributed by atoms with Crippen LogP contribution in [0.4, 0.5) is 5.82 Å². The van der Waals surface area contributed by atoms with Crippen molar-refractivity contribution in [3.05, 3.63) is 23.4 Å². The SMILES string of the molecule is Cc1ccnc(NCC2(O)CCOCC2)c1C#N. The molecule has 0 atom stereocenters. The fourth-order valence-corrected chi connectivity index (χ4v) is 2.01. The molecule has 2 heterocycles. The van der Waals surface area contributed by atoms with Crippen LogP contribution in [0.25, 0.3) is 0 Å². The van der Waals surface area contributed by atoms with Gasteiger partial charge in [0.05, 0.1) is 11.2 Å². The molecule has 5 nitrogen and oxygen atoms in total. The van der Waals surface area contributed by atoms with Crippen molar-refractivity contribution >= 4 is 5.82 Å². The van der Waals surface area contributed by atoms with Crippen molar-refractivity contribution in [3.8, 4) is 6.07 Å². The van der Waals surface area contributed by atoms with Crippen molar-refractivity contribution < 1.29 is 9.84 Å². The normalized spacial score (nSPS) is 18.1. The third kappa shape index (κ3) is 2.78. The Morgan fingerprint density at radius 1 is 1.56 bits per heavy atom. The van der Waals surface area contributed by atoms with E-state index in [1.54, 1.807) is 12.3 Å². The molecule has 96 valence electrons. The maximum Gasteiger partial charge on any atom is 0.144 e. The summed E-state index contributed by atoms with van der Waals surface area (Å²) in [6.07, 6.45) is 2.87. The number of hydrogen-bond donors (Lipinski definition) is 2. The number of ether oxygens (including phenoxy) is 1. The van der Waals surface area contributed by atoms with Crippen molar-refractivity contribution in [2.75, 3.05) is 25.1 Å². The summed E-state index contributed by atoms with van der Waals surface area (Å²) < 4.78 is 5.23. The molecule has 1 aliphatic heterocycles. The molecule has 0 amide bonds. The van der Waals surface area contributed by atoms with E-state index in [9.17, 15) is 5.11 Å². The van der Waals surface area contributed by atoms with Crippen LogP contribution in [0, 0.1) is 18.3 Å². The van der Waals surface area contributed by atoms with Crippen LogP contribution in [0.15, 0.2) is 12.3 Å². The molecule has 1 aromatic rings. The number of aryl methyl sites for hydroxylation is 1. The van der Waals surface area contributed by atoms with Crippen molar-refractivity contribution in [1.29, 1.82) is 5.26 Å². The molecule has 5 heteroatoms. The minimum Gasteiger partial charge on any atom is -0.388 e. The van der Waals surface area contributed by atoms with Gasteiger partial charge in [-0.25, -0.2) is 4.98 Å². The molecule has 0 spiro atoms. The van der Waals surface area contributed by atoms with E-state index in [1.807, 2.05) is 6.92 Å². The molecule has 0 unspecified atom stereocenters. The lowest BCUT2D eigenvalue weighted by Gasteiger charge is -2.32. The van der Waals surface area contributed by atoms with Crippen LogP contribution in [0.2, 0.25) is 0 Å². The van der Waals surface area contributed by atoms with Gasteiger partial charge in [0.25, 0.3) is 0 Å². The Labute approximate surface area is 106 Å². The molecule has 1 fully saturated rings. The predicted molar refractivity (Wildman–Crippen MR) is 67.2 cm³/mol. The van der Waals surface area contributed by atoms with Gasteiger partial charge in [-0.05, 0) is 18.6 Å². The van der Waals surface area contributed by atoms with Crippen molar-refractivity contribution in [1.82, 2.24) is 4.98 Å². The van der Waals surface area contributed by atoms with Crippen LogP contribution in [0.3, 0.4) is 0 Å². The smallest absolute Gasteiger partial charge is 0.144 e. The zero-order chi connectivity index (χ0) is 13.0. The van der Waals surface area contributed by atoms with Gasteiger partial charge in [0.1, 0.15) is 11.9 Å². The summed E-state index contributed by atoms with van der Waals surface area (Å²) in [6, 6.07) is 3.93. The largest absolute Gasteiger partial charge is 0.388 e. The molecule has 0 saturated carbocycles. The highest BCUT2D eigenvalue weighted by Crippen LogP contribution is 2.22. The van der Waals surface area contributed by atoms with Crippen LogP contribution >= 0.6 is 0 Å². The molecule has 0 aliphatic carbocycles. The van der Waals surface area contributed by atoms with Crippen LogP contribution in [0.1, 0.15) is 24.0 Å². The highest BCUT2D eigenvalue weighted by molar-refractivity contribution is 5.55. The van der Waals surface area contributed by atoms with E-state index in [-0.39, 0.29) is 0 Å². The molecule has 0 bridgehead atoms. The van der Waals surface area contributed by atoms with Crippen molar-refractivity contribution in [2.24, 2.45) is 0 Å². The second-order valence-corrected chi connectivity index (χ2v) is 4.65. The van der Waals surface area contributed by atoms with Gasteiger partial charge in [0.15, 0.2) is 0 Å². The minimum atomic E-state index is -0.767. The van der Waals surface area contributed by atoms with Gasteiger partial charge in [-0.15, -0.1) is 0 Å². The van der Waals surface area contributed by atoms with Gasteiger partial charge in [-0.1, -0.05) is 0 Å². The fourth-order valence-electron chi connectivity index (χ4n) is 2.01. The first-order valence-electron chi connectivity index (χ1n) is 6.04. The molecule has 18 heavy (non-hydrogen) atoms. The highest BCUT2D eigenvalue weighted by Gasteiger charge is 2.29. The second-order valence-electron chi connectivity index (χ2n) is 4.65. The lowest BCUT2D eigenvalue weighted by Crippen LogP contribution is -2.42. The Kier molecular flexibility index (Phi) is 3.80. The van der Waals surface area contributed by atoms with Gasteiger partial charge in [0, 0.05) is 38.8 Å². The fraction of sp³-hybridized carbons (Fsp3) is 0.538. The highest BCUT2D eigenvalue weighted by atomic mass is 16.5. The Balaban J connectivity index is 2.06. The first-order valence-corrected chi connectivity index (χ1v) is 6.04. The van der Waals surface area contributed by atoms with Gasteiger partial charge in [0.2, 0.25) is 0 Å². The Hall–Kier alpha value is -1.64. The molecule has 1 aliphatic rings. The molecule has 0 radical (unpaired) electrons. The number of hydrogen-bond acceptors (Lipinski definition) is 5. The molecule has 1 aromatic heterocycles. The van der Waals surface area contributed by atoms with E-state index in [0.717, 1.165) is 5.56 Å². The lowest BCUT2D eigenvalue weighted by molar-refractivity contribution is -0.0543. The maximum atomic E-state index is 10.3. The Morgan fingerprint density at radius 3 is 2.94 bits per heavy atom. The number of aromatic nitrogens is 1. The molecular weight excluding hydrogens is 230 g/mol. The quantitative estimate of drug-likeness (QED) is 0.839. The molecule has 2 rings (SSSR count). The number of aliphatic hydroxyl groups is 1. The standard InChI is InChI=1S/C13H17N3O2/c1-10-2-5-15-12(11(10)8-14)16-9-13(17)3-6-18-7-4-13/h2,5,17H,3-4,6-7,9H2,1H3,(H,15,16). The number of rotatable bonds is 3. The summed E-state index contributed by atoms with van der Waals surface area (Å²) in [5.74, 6) is 0.539. The Morgan fingerprint density at radius 2 is 2.28 bits per heavy atom. The van der Waals surface area contributed by atoms with Gasteiger partial charge < -0.3 is 15.2 Å². The average Bonchev–Trinajstić information content (AvgIpc) is 2.37. The van der Waals surface area contributed by atoms with E-state index in [0.29, 0.717) is 44.0 Å². The van der Waals surface area contributed by atoms with Crippen molar-refractivity contribution in [2.45, 2.75) is 25.4 Å². The van der Waals surface area contributed by atoms with Gasteiger partial charge in [-0.2, -0.15) is 5.26 Å². The molecule has 1 saturated heterocycles. The zero-order valence-electron chi connectivity index (χ0n) is 10.4. The minimum absolute atomic E-state index is 0.390. The summed E-state index contributed by atoms with van der Waals surface area (Å²) in [7, 11) is 0. The second kappa shape index (κ2) is 5.34. The first-order chi connectivity index (χ1) is 8.64. The Bertz CT molecular complexity index is 462. The predicted octanol–water partition coefficient (Wildman–Crippen LogP) is 1.22. The monoisotopic (exact) mass is 247 g/mol. The lowest BCUT2D eigenvalue weighted by atomic mass is 9.94. The van der Waals surface area contributed by atoms with E-state index in [4.69, 9.17) is 10.00 Å². The zero-order valence-corrected chi connectivity index (χ0v) is 10.4. The average molecular weight is 247 g/mol. The van der Waals surface area contributed by atoms with E-state index < -0.39 is 5.60 Å². The summed E-state index contributed by atoms with van der Waals surface area (Å²) >= 11 is 0. The number of nitrogens with zero attached hydrogens (tertiary/aromatic N) is 2. The molecular formula is C13H17N3O2. The number of nitrogens with one attached hydrogen (secondary N) is 1. The van der Waals surface area contributed by atoms with Gasteiger partial charge >= 0.3 is 0 Å². The van der Waals surface area contributed by atoms with Crippen LogP contribution in [0.5, 0.6) is 0 Å². The third-order valence-electron chi connectivity index (χ3n) is 3.28. The van der Waals surface area contributed by atoms with E-state index in [1.165, 1.54) is 0 Å². The third-order valence-corrected chi connectivity index (χ3v) is 3.28. The van der Waals surface area contributed by atoms with Gasteiger partial charge in [-0.3, -0.25) is 0 Å². The molecule has 0 aromatic carbocycles. The summed E-state index contributed by atoms with van der Waals surface area (Å²) in [5, 5.41) is 22.5.